The van der Waals surface area contributed by atoms with Gasteiger partial charge in [0.1, 0.15) is 23.2 Å². The zero-order valence-corrected chi connectivity index (χ0v) is 20.0. The lowest BCUT2D eigenvalue weighted by Gasteiger charge is -2.34. The van der Waals surface area contributed by atoms with Gasteiger partial charge in [0.25, 0.3) is 5.91 Å². The Balaban J connectivity index is 1.29. The average molecular weight is 478 g/mol. The van der Waals surface area contributed by atoms with Gasteiger partial charge in [-0.2, -0.15) is 0 Å². The third-order valence-corrected chi connectivity index (χ3v) is 6.46. The first kappa shape index (κ1) is 24.3. The highest BCUT2D eigenvalue weighted by atomic mass is 16.5. The normalized spacial score (nSPS) is 15.0. The van der Waals surface area contributed by atoms with Gasteiger partial charge < -0.3 is 25.2 Å². The van der Waals surface area contributed by atoms with E-state index in [4.69, 9.17) is 4.52 Å². The first-order chi connectivity index (χ1) is 16.9. The molecule has 4 rings (SSSR count). The molecule has 0 radical (unpaired) electrons. The second kappa shape index (κ2) is 11.0. The molecule has 1 fully saturated rings. The van der Waals surface area contributed by atoms with Crippen LogP contribution in [0.25, 0.3) is 0 Å². The van der Waals surface area contributed by atoms with Crippen LogP contribution in [0.15, 0.2) is 53.2 Å². The standard InChI is InChI=1S/C26H31N5O4/c1-17-24(18(2)35-30-17)25(32)29-22(26(33)34)15-19-6-8-21(9-7-19)31-13-10-20(11-14-31)16-28-23-5-3-4-12-27-23/h3-9,12,20,22H,10-11,13-16H2,1-2H3,(H,27,28)(H,29,32)(H,33,34)/t22-/m0/s1. The van der Waals surface area contributed by atoms with Crippen LogP contribution in [-0.2, 0) is 11.2 Å². The number of aliphatic carboxylic acids is 1. The van der Waals surface area contributed by atoms with Gasteiger partial charge in [0.2, 0.25) is 0 Å². The molecular weight excluding hydrogens is 446 g/mol. The van der Waals surface area contributed by atoms with E-state index in [2.05, 4.69) is 25.7 Å². The predicted molar refractivity (Wildman–Crippen MR) is 133 cm³/mol. The van der Waals surface area contributed by atoms with Gasteiger partial charge >= 0.3 is 5.97 Å². The van der Waals surface area contributed by atoms with Gasteiger partial charge in [0, 0.05) is 37.9 Å². The molecule has 184 valence electrons. The zero-order chi connectivity index (χ0) is 24.8. The van der Waals surface area contributed by atoms with Crippen LogP contribution in [0.2, 0.25) is 0 Å². The summed E-state index contributed by atoms with van der Waals surface area (Å²) in [5.74, 6) is 0.296. The number of aromatic nitrogens is 2. The number of carboxylic acids is 1. The van der Waals surface area contributed by atoms with Crippen LogP contribution < -0.4 is 15.5 Å². The fourth-order valence-electron chi connectivity index (χ4n) is 4.43. The maximum absolute atomic E-state index is 12.6. The molecule has 3 N–H and O–H groups in total. The molecule has 1 saturated heterocycles. The smallest absolute Gasteiger partial charge is 0.326 e. The van der Waals surface area contributed by atoms with Gasteiger partial charge in [-0.15, -0.1) is 0 Å². The summed E-state index contributed by atoms with van der Waals surface area (Å²) in [7, 11) is 0. The molecule has 0 saturated carbocycles. The molecule has 1 atom stereocenters. The van der Waals surface area contributed by atoms with Crippen LogP contribution in [0.5, 0.6) is 0 Å². The highest BCUT2D eigenvalue weighted by molar-refractivity contribution is 5.98. The van der Waals surface area contributed by atoms with E-state index in [0.29, 0.717) is 17.4 Å². The van der Waals surface area contributed by atoms with Gasteiger partial charge in [0.15, 0.2) is 0 Å². The van der Waals surface area contributed by atoms with Crippen LogP contribution in [0.4, 0.5) is 11.5 Å². The van der Waals surface area contributed by atoms with Gasteiger partial charge in [-0.05, 0) is 62.4 Å². The van der Waals surface area contributed by atoms with E-state index >= 15 is 0 Å². The molecule has 0 bridgehead atoms. The Bertz CT molecular complexity index is 1120. The minimum atomic E-state index is -1.09. The Labute approximate surface area is 204 Å². The lowest BCUT2D eigenvalue weighted by Crippen LogP contribution is -2.42. The summed E-state index contributed by atoms with van der Waals surface area (Å²) in [4.78, 5) is 31.0. The molecule has 0 aliphatic carbocycles. The average Bonchev–Trinajstić information content (AvgIpc) is 3.21. The topological polar surface area (TPSA) is 121 Å². The number of nitrogens with one attached hydrogen (secondary N) is 2. The SMILES string of the molecule is Cc1noc(C)c1C(=O)N[C@@H](Cc1ccc(N2CCC(CNc3ccccn3)CC2)cc1)C(=O)O. The molecule has 3 heterocycles. The maximum Gasteiger partial charge on any atom is 0.326 e. The molecule has 1 amide bonds. The highest BCUT2D eigenvalue weighted by Gasteiger charge is 2.25. The lowest BCUT2D eigenvalue weighted by atomic mass is 9.96. The van der Waals surface area contributed by atoms with E-state index < -0.39 is 17.9 Å². The van der Waals surface area contributed by atoms with Crippen molar-refractivity contribution in [2.75, 3.05) is 29.9 Å². The van der Waals surface area contributed by atoms with Gasteiger partial charge in [-0.1, -0.05) is 23.4 Å². The number of rotatable bonds is 9. The van der Waals surface area contributed by atoms with Crippen molar-refractivity contribution < 1.29 is 19.2 Å². The van der Waals surface area contributed by atoms with Crippen molar-refractivity contribution in [3.05, 3.63) is 71.2 Å². The number of amides is 1. The second-order valence-electron chi connectivity index (χ2n) is 8.96. The van der Waals surface area contributed by atoms with Crippen molar-refractivity contribution >= 4 is 23.4 Å². The van der Waals surface area contributed by atoms with Crippen molar-refractivity contribution in [2.45, 2.75) is 39.2 Å². The summed E-state index contributed by atoms with van der Waals surface area (Å²) in [5, 5.41) is 19.4. The van der Waals surface area contributed by atoms with Gasteiger partial charge in [0.05, 0.1) is 5.69 Å². The fraction of sp³-hybridized carbons (Fsp3) is 0.385. The number of hydrogen-bond donors (Lipinski definition) is 3. The van der Waals surface area contributed by atoms with E-state index in [-0.39, 0.29) is 12.0 Å². The zero-order valence-electron chi connectivity index (χ0n) is 20.0. The Morgan fingerprint density at radius 2 is 1.89 bits per heavy atom. The molecule has 1 aromatic carbocycles. The van der Waals surface area contributed by atoms with Gasteiger partial charge in [-0.25, -0.2) is 9.78 Å². The number of benzene rings is 1. The number of aryl methyl sites for hydroxylation is 2. The summed E-state index contributed by atoms with van der Waals surface area (Å²) in [6.07, 6.45) is 4.17. The largest absolute Gasteiger partial charge is 0.480 e. The summed E-state index contributed by atoms with van der Waals surface area (Å²) in [6, 6.07) is 12.7. The van der Waals surface area contributed by atoms with Crippen molar-refractivity contribution in [2.24, 2.45) is 5.92 Å². The van der Waals surface area contributed by atoms with Crippen LogP contribution in [0.3, 0.4) is 0 Å². The Kier molecular flexibility index (Phi) is 7.64. The highest BCUT2D eigenvalue weighted by Crippen LogP contribution is 2.24. The van der Waals surface area contributed by atoms with E-state index in [1.54, 1.807) is 20.0 Å². The molecule has 1 aliphatic heterocycles. The Morgan fingerprint density at radius 3 is 2.49 bits per heavy atom. The summed E-state index contributed by atoms with van der Waals surface area (Å²) >= 11 is 0. The first-order valence-electron chi connectivity index (χ1n) is 11.9. The number of carbonyl (C=O) groups is 2. The van der Waals surface area contributed by atoms with Crippen molar-refractivity contribution in [3.8, 4) is 0 Å². The number of carboxylic acid groups (broad SMARTS) is 1. The molecule has 3 aromatic rings. The number of hydrogen-bond acceptors (Lipinski definition) is 7. The van der Waals surface area contributed by atoms with Crippen LogP contribution in [-0.4, -0.2) is 52.8 Å². The van der Waals surface area contributed by atoms with E-state index in [1.165, 1.54) is 0 Å². The van der Waals surface area contributed by atoms with E-state index in [9.17, 15) is 14.7 Å². The Hall–Kier alpha value is -3.88. The monoisotopic (exact) mass is 477 g/mol. The molecule has 35 heavy (non-hydrogen) atoms. The lowest BCUT2D eigenvalue weighted by molar-refractivity contribution is -0.139. The number of pyridine rings is 1. The molecule has 1 aliphatic rings. The molecule has 9 heteroatoms. The summed E-state index contributed by atoms with van der Waals surface area (Å²) < 4.78 is 5.02. The van der Waals surface area contributed by atoms with Crippen molar-refractivity contribution in [1.29, 1.82) is 0 Å². The molecule has 9 nitrogen and oxygen atoms in total. The van der Waals surface area contributed by atoms with E-state index in [1.807, 2.05) is 42.5 Å². The van der Waals surface area contributed by atoms with E-state index in [0.717, 1.165) is 49.5 Å². The van der Waals surface area contributed by atoms with Crippen LogP contribution in [0, 0.1) is 19.8 Å². The van der Waals surface area contributed by atoms with Crippen LogP contribution >= 0.6 is 0 Å². The maximum atomic E-state index is 12.6. The molecule has 0 spiro atoms. The minimum absolute atomic E-state index is 0.187. The predicted octanol–water partition coefficient (Wildman–Crippen LogP) is 3.44. The second-order valence-corrected chi connectivity index (χ2v) is 8.96. The summed E-state index contributed by atoms with van der Waals surface area (Å²) in [6.45, 7) is 6.14. The molecule has 0 unspecified atom stereocenters. The summed E-state index contributed by atoms with van der Waals surface area (Å²) in [5.41, 5.74) is 2.68. The quantitative estimate of drug-likeness (QED) is 0.429. The van der Waals surface area contributed by atoms with Crippen molar-refractivity contribution in [3.63, 3.8) is 0 Å². The van der Waals surface area contributed by atoms with Crippen molar-refractivity contribution in [1.82, 2.24) is 15.5 Å². The minimum Gasteiger partial charge on any atom is -0.480 e. The van der Waals surface area contributed by atoms with Crippen LogP contribution in [0.1, 0.15) is 40.2 Å². The third kappa shape index (κ3) is 6.17. The third-order valence-electron chi connectivity index (χ3n) is 6.46. The molecular formula is C26H31N5O4. The number of nitrogens with zero attached hydrogens (tertiary/aromatic N) is 3. The number of anilines is 2. The first-order valence-corrected chi connectivity index (χ1v) is 11.9. The Morgan fingerprint density at radius 1 is 1.14 bits per heavy atom. The number of piperidine rings is 1. The molecule has 2 aromatic heterocycles. The number of carbonyl (C=O) groups excluding carboxylic acids is 1. The fourth-order valence-corrected chi connectivity index (χ4v) is 4.43. The van der Waals surface area contributed by atoms with Gasteiger partial charge in [-0.3, -0.25) is 4.79 Å².